The third kappa shape index (κ3) is 3.45. The van der Waals surface area contributed by atoms with Crippen molar-refractivity contribution in [3.05, 3.63) is 29.6 Å². The number of nitrogens with zero attached hydrogens (tertiary/aromatic N) is 2. The number of benzene rings is 1. The van der Waals surface area contributed by atoms with Crippen LogP contribution in [0, 0.1) is 5.82 Å². The number of Topliss-reactive ketones (excluding diaryl/α,β-unsaturated/α-hetero) is 1. The second-order valence-corrected chi connectivity index (χ2v) is 5.24. The SMILES string of the molecule is COc1ccc(C(=O)CNc2nc(SC)ns2)cc1F. The fourth-order valence-corrected chi connectivity index (χ4v) is 2.58. The van der Waals surface area contributed by atoms with Crippen molar-refractivity contribution in [2.75, 3.05) is 25.2 Å². The summed E-state index contributed by atoms with van der Waals surface area (Å²) in [5.41, 5.74) is 0.283. The van der Waals surface area contributed by atoms with Crippen LogP contribution in [-0.2, 0) is 0 Å². The van der Waals surface area contributed by atoms with E-state index in [1.54, 1.807) is 0 Å². The zero-order chi connectivity index (χ0) is 14.5. The maximum Gasteiger partial charge on any atom is 0.203 e. The van der Waals surface area contributed by atoms with E-state index in [0.29, 0.717) is 10.3 Å². The summed E-state index contributed by atoms with van der Waals surface area (Å²) in [5, 5.41) is 4.09. The molecule has 0 atom stereocenters. The molecule has 1 N–H and O–H groups in total. The predicted octanol–water partition coefficient (Wildman–Crippen LogP) is 2.70. The van der Waals surface area contributed by atoms with Gasteiger partial charge in [-0.15, -0.1) is 0 Å². The first-order valence-corrected chi connectivity index (χ1v) is 7.62. The van der Waals surface area contributed by atoms with Crippen LogP contribution in [0.2, 0.25) is 0 Å². The van der Waals surface area contributed by atoms with Crippen molar-refractivity contribution in [1.82, 2.24) is 9.36 Å². The molecule has 2 aromatic rings. The molecular formula is C12H12FN3O2S2. The van der Waals surface area contributed by atoms with Gasteiger partial charge in [0.05, 0.1) is 13.7 Å². The van der Waals surface area contributed by atoms with Crippen LogP contribution in [-0.4, -0.2) is 35.1 Å². The van der Waals surface area contributed by atoms with E-state index >= 15 is 0 Å². The van der Waals surface area contributed by atoms with E-state index in [4.69, 9.17) is 4.74 Å². The lowest BCUT2D eigenvalue weighted by Gasteiger charge is -2.05. The molecule has 0 unspecified atom stereocenters. The number of ketones is 1. The van der Waals surface area contributed by atoms with Crippen molar-refractivity contribution >= 4 is 34.2 Å². The summed E-state index contributed by atoms with van der Waals surface area (Å²) >= 11 is 2.61. The Morgan fingerprint density at radius 1 is 1.55 bits per heavy atom. The normalized spacial score (nSPS) is 10.3. The first kappa shape index (κ1) is 14.7. The molecule has 0 aliphatic carbocycles. The minimum atomic E-state index is -0.557. The van der Waals surface area contributed by atoms with Crippen molar-refractivity contribution in [1.29, 1.82) is 0 Å². The number of carbonyl (C=O) groups is 1. The van der Waals surface area contributed by atoms with Crippen LogP contribution in [0.3, 0.4) is 0 Å². The van der Waals surface area contributed by atoms with Crippen LogP contribution in [0.4, 0.5) is 9.52 Å². The van der Waals surface area contributed by atoms with E-state index in [2.05, 4.69) is 14.7 Å². The average molecular weight is 313 g/mol. The molecule has 0 fully saturated rings. The van der Waals surface area contributed by atoms with Crippen molar-refractivity contribution in [2.45, 2.75) is 5.16 Å². The number of ether oxygens (including phenoxy) is 1. The number of thioether (sulfide) groups is 1. The maximum atomic E-state index is 13.5. The van der Waals surface area contributed by atoms with Gasteiger partial charge in [0.2, 0.25) is 10.3 Å². The molecule has 1 aromatic carbocycles. The predicted molar refractivity (Wildman–Crippen MR) is 77.5 cm³/mol. The van der Waals surface area contributed by atoms with Gasteiger partial charge in [-0.05, 0) is 24.5 Å². The molecule has 0 aliphatic heterocycles. The standard InChI is InChI=1S/C12H12FN3O2S2/c1-18-10-4-3-7(5-8(10)13)9(17)6-14-11-15-12(19-2)16-20-11/h3-5H,6H2,1-2H3,(H,14,15,16). The molecule has 0 saturated heterocycles. The highest BCUT2D eigenvalue weighted by Crippen LogP contribution is 2.19. The Labute approximate surface area is 123 Å². The van der Waals surface area contributed by atoms with E-state index in [0.717, 1.165) is 6.07 Å². The van der Waals surface area contributed by atoms with E-state index < -0.39 is 5.82 Å². The highest BCUT2D eigenvalue weighted by atomic mass is 32.2. The molecule has 0 bridgehead atoms. The number of nitrogens with one attached hydrogen (secondary N) is 1. The Morgan fingerprint density at radius 2 is 2.35 bits per heavy atom. The molecule has 106 valence electrons. The first-order chi connectivity index (χ1) is 9.63. The fraction of sp³-hybridized carbons (Fsp3) is 0.250. The van der Waals surface area contributed by atoms with Crippen molar-refractivity contribution in [3.63, 3.8) is 0 Å². The third-order valence-electron chi connectivity index (χ3n) is 2.46. The molecule has 0 spiro atoms. The van der Waals surface area contributed by atoms with Crippen LogP contribution in [0.15, 0.2) is 23.4 Å². The molecule has 1 aromatic heterocycles. The molecule has 0 radical (unpaired) electrons. The summed E-state index contributed by atoms with van der Waals surface area (Å²) in [6.07, 6.45) is 1.87. The van der Waals surface area contributed by atoms with Crippen LogP contribution in [0.1, 0.15) is 10.4 Å². The molecule has 0 amide bonds. The summed E-state index contributed by atoms with van der Waals surface area (Å²) in [7, 11) is 1.38. The zero-order valence-corrected chi connectivity index (χ0v) is 12.5. The summed E-state index contributed by atoms with van der Waals surface area (Å²) < 4.78 is 22.4. The molecular weight excluding hydrogens is 301 g/mol. The van der Waals surface area contributed by atoms with Gasteiger partial charge in [0, 0.05) is 17.1 Å². The number of rotatable bonds is 6. The maximum absolute atomic E-state index is 13.5. The van der Waals surface area contributed by atoms with Gasteiger partial charge in [-0.2, -0.15) is 9.36 Å². The highest BCUT2D eigenvalue weighted by molar-refractivity contribution is 7.98. The van der Waals surface area contributed by atoms with Gasteiger partial charge >= 0.3 is 0 Å². The molecule has 2 rings (SSSR count). The quantitative estimate of drug-likeness (QED) is 0.653. The minimum Gasteiger partial charge on any atom is -0.494 e. The van der Waals surface area contributed by atoms with Crippen LogP contribution in [0.25, 0.3) is 0 Å². The Balaban J connectivity index is 1.99. The Kier molecular flexibility index (Phi) is 4.91. The number of halogens is 1. The molecule has 5 nitrogen and oxygen atoms in total. The van der Waals surface area contributed by atoms with Gasteiger partial charge in [0.15, 0.2) is 17.3 Å². The summed E-state index contributed by atoms with van der Waals surface area (Å²) in [5.74, 6) is -0.672. The van der Waals surface area contributed by atoms with E-state index in [-0.39, 0.29) is 23.6 Å². The number of methoxy groups -OCH3 is 1. The van der Waals surface area contributed by atoms with Crippen molar-refractivity contribution in [3.8, 4) is 5.75 Å². The summed E-state index contributed by atoms with van der Waals surface area (Å²) in [6, 6.07) is 4.12. The largest absolute Gasteiger partial charge is 0.494 e. The second kappa shape index (κ2) is 6.67. The summed E-state index contributed by atoms with van der Waals surface area (Å²) in [6.45, 7) is 0.0365. The fourth-order valence-electron chi connectivity index (χ4n) is 1.46. The van der Waals surface area contributed by atoms with Gasteiger partial charge in [-0.1, -0.05) is 11.8 Å². The number of hydrogen-bond donors (Lipinski definition) is 1. The number of anilines is 1. The van der Waals surface area contributed by atoms with Crippen molar-refractivity contribution < 1.29 is 13.9 Å². The second-order valence-electron chi connectivity index (χ2n) is 3.71. The topological polar surface area (TPSA) is 64.1 Å². The van der Waals surface area contributed by atoms with E-state index in [1.165, 1.54) is 42.5 Å². The van der Waals surface area contributed by atoms with Crippen molar-refractivity contribution in [2.24, 2.45) is 0 Å². The zero-order valence-electron chi connectivity index (χ0n) is 10.8. The van der Waals surface area contributed by atoms with Gasteiger partial charge < -0.3 is 10.1 Å². The molecule has 0 saturated carbocycles. The van der Waals surface area contributed by atoms with Crippen LogP contribution >= 0.6 is 23.3 Å². The molecule has 8 heteroatoms. The van der Waals surface area contributed by atoms with Gasteiger partial charge in [-0.25, -0.2) is 4.39 Å². The number of aromatic nitrogens is 2. The van der Waals surface area contributed by atoms with Gasteiger partial charge in [-0.3, -0.25) is 4.79 Å². The Hall–Kier alpha value is -1.67. The van der Waals surface area contributed by atoms with Gasteiger partial charge in [0.1, 0.15) is 0 Å². The van der Waals surface area contributed by atoms with Gasteiger partial charge in [0.25, 0.3) is 0 Å². The minimum absolute atomic E-state index is 0.0365. The highest BCUT2D eigenvalue weighted by Gasteiger charge is 2.11. The van der Waals surface area contributed by atoms with Crippen LogP contribution in [0.5, 0.6) is 5.75 Å². The molecule has 1 heterocycles. The van der Waals surface area contributed by atoms with Crippen LogP contribution < -0.4 is 10.1 Å². The third-order valence-corrected chi connectivity index (χ3v) is 3.80. The lowest BCUT2D eigenvalue weighted by Crippen LogP contribution is -2.14. The number of hydrogen-bond acceptors (Lipinski definition) is 7. The monoisotopic (exact) mass is 313 g/mol. The lowest BCUT2D eigenvalue weighted by atomic mass is 10.1. The Bertz CT molecular complexity index is 618. The average Bonchev–Trinajstić information content (AvgIpc) is 2.92. The number of carbonyl (C=O) groups excluding carboxylic acids is 1. The first-order valence-electron chi connectivity index (χ1n) is 5.62. The van der Waals surface area contributed by atoms with E-state index in [1.807, 2.05) is 6.26 Å². The lowest BCUT2D eigenvalue weighted by molar-refractivity contribution is 0.101. The smallest absolute Gasteiger partial charge is 0.203 e. The summed E-state index contributed by atoms with van der Waals surface area (Å²) in [4.78, 5) is 16.1. The Morgan fingerprint density at radius 3 is 2.95 bits per heavy atom. The van der Waals surface area contributed by atoms with E-state index in [9.17, 15) is 9.18 Å². The molecule has 20 heavy (non-hydrogen) atoms. The molecule has 0 aliphatic rings.